The number of aromatic nitrogens is 1. The van der Waals surface area contributed by atoms with Crippen LogP contribution >= 0.6 is 0 Å². The van der Waals surface area contributed by atoms with E-state index < -0.39 is 0 Å². The van der Waals surface area contributed by atoms with Gasteiger partial charge >= 0.3 is 0 Å². The average molecular weight is 354 g/mol. The Morgan fingerprint density at radius 2 is 1.37 bits per heavy atom. The van der Waals surface area contributed by atoms with E-state index in [1.54, 1.807) is 0 Å². The Kier molecular flexibility index (Phi) is 4.79. The Labute approximate surface area is 157 Å². The van der Waals surface area contributed by atoms with Crippen LogP contribution in [0.15, 0.2) is 95.5 Å². The van der Waals surface area contributed by atoms with Crippen molar-refractivity contribution in [3.8, 4) is 22.5 Å². The number of carbonyl (C=O) groups is 1. The van der Waals surface area contributed by atoms with Crippen molar-refractivity contribution in [2.75, 3.05) is 0 Å². The highest BCUT2D eigenvalue weighted by Gasteiger charge is 2.09. The molecule has 0 fully saturated rings. The van der Waals surface area contributed by atoms with Crippen molar-refractivity contribution in [1.29, 1.82) is 0 Å². The summed E-state index contributed by atoms with van der Waals surface area (Å²) >= 11 is 0. The highest BCUT2D eigenvalue weighted by Crippen LogP contribution is 2.20. The van der Waals surface area contributed by atoms with Crippen LogP contribution in [0.3, 0.4) is 0 Å². The topological polar surface area (TPSA) is 55.1 Å². The third-order valence-electron chi connectivity index (χ3n) is 4.30. The molecule has 0 aliphatic heterocycles. The fraction of sp³-hybridized carbons (Fsp3) is 0.0435. The van der Waals surface area contributed by atoms with Gasteiger partial charge in [-0.25, -0.2) is 0 Å². The zero-order valence-corrected chi connectivity index (χ0v) is 14.6. The van der Waals surface area contributed by atoms with Crippen LogP contribution in [0.5, 0.6) is 0 Å². The molecule has 4 rings (SSSR count). The highest BCUT2D eigenvalue weighted by molar-refractivity contribution is 5.94. The van der Waals surface area contributed by atoms with Gasteiger partial charge in [0.2, 0.25) is 0 Å². The van der Waals surface area contributed by atoms with Gasteiger partial charge in [0.1, 0.15) is 5.69 Å². The highest BCUT2D eigenvalue weighted by atomic mass is 16.5. The summed E-state index contributed by atoms with van der Waals surface area (Å²) in [6, 6.07) is 29.2. The fourth-order valence-corrected chi connectivity index (χ4v) is 2.85. The van der Waals surface area contributed by atoms with Crippen LogP contribution in [0.4, 0.5) is 0 Å². The Hall–Kier alpha value is -3.66. The van der Waals surface area contributed by atoms with Crippen molar-refractivity contribution in [2.45, 2.75) is 6.54 Å². The summed E-state index contributed by atoms with van der Waals surface area (Å²) in [7, 11) is 0. The van der Waals surface area contributed by atoms with Crippen LogP contribution in [0, 0.1) is 0 Å². The zero-order valence-electron chi connectivity index (χ0n) is 14.6. The standard InChI is InChI=1S/C23H18N2O2/c26-23(20-13-11-18(12-14-20)17-7-3-1-4-8-17)24-16-21-15-22(27-25-21)19-9-5-2-6-10-19/h1-15H,16H2,(H,24,26). The van der Waals surface area contributed by atoms with Gasteiger partial charge in [0.25, 0.3) is 5.91 Å². The summed E-state index contributed by atoms with van der Waals surface area (Å²) in [6.45, 7) is 0.315. The first-order chi connectivity index (χ1) is 13.3. The lowest BCUT2D eigenvalue weighted by atomic mass is 10.0. The molecule has 0 unspecified atom stereocenters. The number of hydrogen-bond acceptors (Lipinski definition) is 3. The zero-order chi connectivity index (χ0) is 18.5. The van der Waals surface area contributed by atoms with E-state index >= 15 is 0 Å². The second kappa shape index (κ2) is 7.70. The van der Waals surface area contributed by atoms with Gasteiger partial charge in [-0.3, -0.25) is 4.79 Å². The lowest BCUT2D eigenvalue weighted by Crippen LogP contribution is -2.22. The minimum Gasteiger partial charge on any atom is -0.356 e. The van der Waals surface area contributed by atoms with Crippen molar-refractivity contribution in [3.63, 3.8) is 0 Å². The molecule has 0 saturated carbocycles. The molecule has 0 spiro atoms. The molecule has 0 radical (unpaired) electrons. The first-order valence-corrected chi connectivity index (χ1v) is 8.74. The monoisotopic (exact) mass is 354 g/mol. The number of rotatable bonds is 5. The van der Waals surface area contributed by atoms with E-state index in [1.807, 2.05) is 91.0 Å². The first-order valence-electron chi connectivity index (χ1n) is 8.74. The molecule has 1 N–H and O–H groups in total. The molecule has 4 heteroatoms. The Bertz CT molecular complexity index is 1020. The molecule has 0 saturated heterocycles. The van der Waals surface area contributed by atoms with Gasteiger partial charge < -0.3 is 9.84 Å². The minimum atomic E-state index is -0.140. The lowest BCUT2D eigenvalue weighted by molar-refractivity contribution is 0.0950. The third kappa shape index (κ3) is 3.96. The van der Waals surface area contributed by atoms with Crippen LogP contribution < -0.4 is 5.32 Å². The van der Waals surface area contributed by atoms with E-state index in [1.165, 1.54) is 0 Å². The molecule has 132 valence electrons. The van der Waals surface area contributed by atoms with Crippen molar-refractivity contribution >= 4 is 5.91 Å². The summed E-state index contributed by atoms with van der Waals surface area (Å²) in [5.41, 5.74) is 4.46. The van der Waals surface area contributed by atoms with Crippen LogP contribution in [-0.4, -0.2) is 11.1 Å². The van der Waals surface area contributed by atoms with Crippen LogP contribution in [0.2, 0.25) is 0 Å². The van der Waals surface area contributed by atoms with Gasteiger partial charge in [0, 0.05) is 17.2 Å². The van der Waals surface area contributed by atoms with Gasteiger partial charge in [-0.1, -0.05) is 78.0 Å². The summed E-state index contributed by atoms with van der Waals surface area (Å²) in [6.07, 6.45) is 0. The molecule has 0 atom stereocenters. The maximum atomic E-state index is 12.4. The van der Waals surface area contributed by atoms with Gasteiger partial charge in [-0.15, -0.1) is 0 Å². The second-order valence-electron chi connectivity index (χ2n) is 6.17. The van der Waals surface area contributed by atoms with Crippen molar-refractivity contribution < 1.29 is 9.32 Å². The second-order valence-corrected chi connectivity index (χ2v) is 6.17. The van der Waals surface area contributed by atoms with Crippen LogP contribution in [0.25, 0.3) is 22.5 Å². The molecule has 1 amide bonds. The van der Waals surface area contributed by atoms with Gasteiger partial charge in [0.15, 0.2) is 5.76 Å². The molecule has 1 heterocycles. The SMILES string of the molecule is O=C(NCc1cc(-c2ccccc2)on1)c1ccc(-c2ccccc2)cc1. The number of benzene rings is 3. The lowest BCUT2D eigenvalue weighted by Gasteiger charge is -2.05. The number of nitrogens with one attached hydrogen (secondary N) is 1. The van der Waals surface area contributed by atoms with Crippen LogP contribution in [-0.2, 0) is 6.54 Å². The Morgan fingerprint density at radius 1 is 0.778 bits per heavy atom. The van der Waals surface area contributed by atoms with E-state index in [0.717, 1.165) is 16.7 Å². The summed E-state index contributed by atoms with van der Waals surface area (Å²) in [4.78, 5) is 12.4. The quantitative estimate of drug-likeness (QED) is 0.552. The van der Waals surface area contributed by atoms with E-state index in [-0.39, 0.29) is 5.91 Å². The molecule has 4 aromatic rings. The fourth-order valence-electron chi connectivity index (χ4n) is 2.85. The molecule has 0 aliphatic carbocycles. The Balaban J connectivity index is 1.39. The molecule has 0 bridgehead atoms. The van der Waals surface area contributed by atoms with E-state index in [4.69, 9.17) is 4.52 Å². The molecule has 27 heavy (non-hydrogen) atoms. The summed E-state index contributed by atoms with van der Waals surface area (Å²) < 4.78 is 5.35. The molecule has 3 aromatic carbocycles. The maximum Gasteiger partial charge on any atom is 0.251 e. The van der Waals surface area contributed by atoms with Gasteiger partial charge in [-0.05, 0) is 23.3 Å². The molecule has 1 aromatic heterocycles. The third-order valence-corrected chi connectivity index (χ3v) is 4.30. The normalized spacial score (nSPS) is 10.5. The molecule has 0 aliphatic rings. The number of amides is 1. The summed E-state index contributed by atoms with van der Waals surface area (Å²) in [5.74, 6) is 0.547. The average Bonchev–Trinajstić information content (AvgIpc) is 3.22. The predicted octanol–water partition coefficient (Wildman–Crippen LogP) is 4.94. The minimum absolute atomic E-state index is 0.140. The van der Waals surface area contributed by atoms with Gasteiger partial charge in [0.05, 0.1) is 6.54 Å². The molecular weight excluding hydrogens is 336 g/mol. The first kappa shape index (κ1) is 16.8. The maximum absolute atomic E-state index is 12.4. The largest absolute Gasteiger partial charge is 0.356 e. The smallest absolute Gasteiger partial charge is 0.251 e. The number of nitrogens with zero attached hydrogens (tertiary/aromatic N) is 1. The van der Waals surface area contributed by atoms with Crippen molar-refractivity contribution in [1.82, 2.24) is 10.5 Å². The summed E-state index contributed by atoms with van der Waals surface area (Å²) in [5, 5.41) is 6.90. The van der Waals surface area contributed by atoms with Crippen molar-refractivity contribution in [2.24, 2.45) is 0 Å². The molecular formula is C23H18N2O2. The molecule has 4 nitrogen and oxygen atoms in total. The van der Waals surface area contributed by atoms with E-state index in [2.05, 4.69) is 10.5 Å². The van der Waals surface area contributed by atoms with Gasteiger partial charge in [-0.2, -0.15) is 0 Å². The number of carbonyl (C=O) groups excluding carboxylic acids is 1. The van der Waals surface area contributed by atoms with Crippen molar-refractivity contribution in [3.05, 3.63) is 102 Å². The van der Waals surface area contributed by atoms with E-state index in [9.17, 15) is 4.79 Å². The van der Waals surface area contributed by atoms with Crippen LogP contribution in [0.1, 0.15) is 16.1 Å². The predicted molar refractivity (Wildman–Crippen MR) is 105 cm³/mol. The number of hydrogen-bond donors (Lipinski definition) is 1. The Morgan fingerprint density at radius 3 is 2.04 bits per heavy atom. The van der Waals surface area contributed by atoms with E-state index in [0.29, 0.717) is 23.6 Å².